The molecule has 0 radical (unpaired) electrons. The number of phenols is 1. The topological polar surface area (TPSA) is 66.8 Å². The molecule has 4 rings (SSSR count). The summed E-state index contributed by atoms with van der Waals surface area (Å²) in [6.07, 6.45) is -4.32. The first kappa shape index (κ1) is 26.3. The number of benzene rings is 3. The molecule has 1 N–H and O–H groups in total. The number of cyclic esters (lactones) is 1. The fraction of sp³-hybridized carbons (Fsp3) is 0.310. The van der Waals surface area contributed by atoms with Crippen molar-refractivity contribution in [2.75, 3.05) is 6.61 Å². The highest BCUT2D eigenvalue weighted by atomic mass is 19.4. The van der Waals surface area contributed by atoms with E-state index >= 15 is 0 Å². The van der Waals surface area contributed by atoms with Gasteiger partial charge in [0, 0.05) is 0 Å². The molecule has 2 atom stereocenters. The maximum atomic E-state index is 13.8. The zero-order chi connectivity index (χ0) is 26.7. The zero-order valence-electron chi connectivity index (χ0n) is 20.5. The molecule has 0 spiro atoms. The van der Waals surface area contributed by atoms with Crippen molar-refractivity contribution in [3.8, 4) is 16.9 Å². The van der Waals surface area contributed by atoms with E-state index in [-0.39, 0.29) is 18.3 Å². The number of alkyl halides is 3. The highest BCUT2D eigenvalue weighted by Gasteiger charge is 2.41. The minimum Gasteiger partial charge on any atom is -0.508 e. The number of halogens is 3. The van der Waals surface area contributed by atoms with Crippen molar-refractivity contribution >= 4 is 12.0 Å². The third-order valence-corrected chi connectivity index (χ3v) is 6.41. The van der Waals surface area contributed by atoms with Crippen molar-refractivity contribution in [1.29, 1.82) is 0 Å². The van der Waals surface area contributed by atoms with Gasteiger partial charge in [-0.15, -0.1) is 0 Å². The molecule has 3 aromatic rings. The van der Waals surface area contributed by atoms with Crippen LogP contribution in [0, 0.1) is 5.92 Å². The van der Waals surface area contributed by atoms with Crippen LogP contribution in [-0.2, 0) is 22.1 Å². The van der Waals surface area contributed by atoms with Gasteiger partial charge in [0.25, 0.3) is 0 Å². The molecule has 1 fully saturated rings. The predicted octanol–water partition coefficient (Wildman–Crippen LogP) is 6.80. The largest absolute Gasteiger partial charge is 0.508 e. The van der Waals surface area contributed by atoms with Gasteiger partial charge >= 0.3 is 12.3 Å². The second-order valence-electron chi connectivity index (χ2n) is 9.70. The number of ether oxygens (including phenoxy) is 1. The number of phenolic OH excluding ortho intramolecular Hbond substituents is 1. The summed E-state index contributed by atoms with van der Waals surface area (Å²) in [6.45, 7) is 3.98. The van der Waals surface area contributed by atoms with Crippen molar-refractivity contribution in [3.05, 3.63) is 89.5 Å². The predicted molar refractivity (Wildman–Crippen MR) is 133 cm³/mol. The summed E-state index contributed by atoms with van der Waals surface area (Å²) in [7, 11) is 0. The number of aromatic hydroxyl groups is 1. The summed E-state index contributed by atoms with van der Waals surface area (Å²) < 4.78 is 44.2. The lowest BCUT2D eigenvalue weighted by atomic mass is 9.86. The highest BCUT2D eigenvalue weighted by molar-refractivity contribution is 5.97. The Bertz CT molecular complexity index is 1260. The monoisotopic (exact) mass is 511 g/mol. The van der Waals surface area contributed by atoms with E-state index in [2.05, 4.69) is 0 Å². The Labute approximate surface area is 213 Å². The molecule has 2 amide bonds. The van der Waals surface area contributed by atoms with E-state index in [1.54, 1.807) is 6.07 Å². The van der Waals surface area contributed by atoms with Crippen LogP contribution in [0.15, 0.2) is 72.8 Å². The molecular formula is C29H28F3NO4. The molecule has 0 bridgehead atoms. The number of carbonyl (C=O) groups is 2. The number of rotatable bonds is 7. The Morgan fingerprint density at radius 2 is 1.70 bits per heavy atom. The van der Waals surface area contributed by atoms with Crippen molar-refractivity contribution < 1.29 is 32.6 Å². The molecule has 8 heteroatoms. The third-order valence-electron chi connectivity index (χ3n) is 6.41. The standard InChI is InChI=1S/C29H28F3NO4/c1-18(2)12-26(27(35)33-24(17-37-28(33)36)13-19-6-4-3-5-7-19)22-14-21(15-25(34)16-22)20-8-10-23(11-9-20)29(30,31)32/h3-11,14-16,18,24,26,34H,12-13,17H2,1-2H3/t24-,26?/m1/s1. The molecule has 1 aliphatic rings. The van der Waals surface area contributed by atoms with Crippen molar-refractivity contribution in [2.24, 2.45) is 5.92 Å². The summed E-state index contributed by atoms with van der Waals surface area (Å²) >= 11 is 0. The lowest BCUT2D eigenvalue weighted by Gasteiger charge is -2.27. The summed E-state index contributed by atoms with van der Waals surface area (Å²) in [5.41, 5.74) is 1.60. The lowest BCUT2D eigenvalue weighted by molar-refractivity contribution is -0.137. The molecule has 5 nitrogen and oxygen atoms in total. The Hall–Kier alpha value is -3.81. The van der Waals surface area contributed by atoms with Gasteiger partial charge in [-0.05, 0) is 65.3 Å². The minimum absolute atomic E-state index is 0.0806. The smallest absolute Gasteiger partial charge is 0.417 e. The molecule has 0 saturated carbocycles. The van der Waals surface area contributed by atoms with E-state index in [1.165, 1.54) is 29.2 Å². The van der Waals surface area contributed by atoms with E-state index in [4.69, 9.17) is 4.74 Å². The van der Waals surface area contributed by atoms with Gasteiger partial charge in [-0.2, -0.15) is 13.2 Å². The molecule has 1 heterocycles. The Kier molecular flexibility index (Phi) is 7.57. The Balaban J connectivity index is 1.67. The van der Waals surface area contributed by atoms with Crippen LogP contribution in [-0.4, -0.2) is 34.7 Å². The van der Waals surface area contributed by atoms with Gasteiger partial charge in [-0.25, -0.2) is 9.69 Å². The Morgan fingerprint density at radius 1 is 1.03 bits per heavy atom. The third kappa shape index (κ3) is 6.13. The molecule has 3 aromatic carbocycles. The van der Waals surface area contributed by atoms with Crippen LogP contribution in [0.5, 0.6) is 5.75 Å². The van der Waals surface area contributed by atoms with Gasteiger partial charge in [0.15, 0.2) is 0 Å². The van der Waals surface area contributed by atoms with Gasteiger partial charge in [-0.1, -0.05) is 62.4 Å². The van der Waals surface area contributed by atoms with Crippen LogP contribution >= 0.6 is 0 Å². The van der Waals surface area contributed by atoms with E-state index in [0.717, 1.165) is 17.7 Å². The summed E-state index contributed by atoms with van der Waals surface area (Å²) in [5.74, 6) is -1.24. The quantitative estimate of drug-likeness (QED) is 0.379. The number of carbonyl (C=O) groups excluding carboxylic acids is 2. The summed E-state index contributed by atoms with van der Waals surface area (Å²) in [6, 6.07) is 18.2. The van der Waals surface area contributed by atoms with Crippen molar-refractivity contribution in [2.45, 2.75) is 44.8 Å². The molecule has 1 unspecified atom stereocenters. The first-order chi connectivity index (χ1) is 17.5. The number of hydrogen-bond donors (Lipinski definition) is 1. The van der Waals surface area contributed by atoms with Gasteiger partial charge in [-0.3, -0.25) is 4.79 Å². The molecule has 0 aromatic heterocycles. The number of hydrogen-bond acceptors (Lipinski definition) is 4. The first-order valence-electron chi connectivity index (χ1n) is 12.1. The SMILES string of the molecule is CC(C)CC(C(=O)N1C(=O)OC[C@H]1Cc1ccccc1)c1cc(O)cc(-c2ccc(C(F)(F)F)cc2)c1. The highest BCUT2D eigenvalue weighted by Crippen LogP contribution is 2.36. The number of nitrogens with zero attached hydrogens (tertiary/aromatic N) is 1. The van der Waals surface area contributed by atoms with E-state index < -0.39 is 35.7 Å². The van der Waals surface area contributed by atoms with E-state index in [1.807, 2.05) is 44.2 Å². The van der Waals surface area contributed by atoms with Gasteiger partial charge in [0.1, 0.15) is 12.4 Å². The van der Waals surface area contributed by atoms with Crippen molar-refractivity contribution in [3.63, 3.8) is 0 Å². The normalized spacial score (nSPS) is 16.6. The molecule has 0 aliphatic carbocycles. The van der Waals surface area contributed by atoms with Crippen LogP contribution in [0.3, 0.4) is 0 Å². The van der Waals surface area contributed by atoms with Gasteiger partial charge in [0.2, 0.25) is 5.91 Å². The average Bonchev–Trinajstić information content (AvgIpc) is 3.21. The van der Waals surface area contributed by atoms with Gasteiger partial charge < -0.3 is 9.84 Å². The average molecular weight is 512 g/mol. The van der Waals surface area contributed by atoms with Gasteiger partial charge in [0.05, 0.1) is 17.5 Å². The maximum Gasteiger partial charge on any atom is 0.417 e. The van der Waals surface area contributed by atoms with E-state index in [9.17, 15) is 27.9 Å². The molecular weight excluding hydrogens is 483 g/mol. The van der Waals surface area contributed by atoms with Crippen LogP contribution in [0.2, 0.25) is 0 Å². The lowest BCUT2D eigenvalue weighted by Crippen LogP contribution is -2.43. The molecule has 1 saturated heterocycles. The van der Waals surface area contributed by atoms with Crippen LogP contribution in [0.1, 0.15) is 42.9 Å². The molecule has 37 heavy (non-hydrogen) atoms. The second kappa shape index (κ2) is 10.7. The number of amides is 2. The van der Waals surface area contributed by atoms with Crippen LogP contribution < -0.4 is 0 Å². The Morgan fingerprint density at radius 3 is 2.32 bits per heavy atom. The fourth-order valence-electron chi connectivity index (χ4n) is 4.64. The first-order valence-corrected chi connectivity index (χ1v) is 12.1. The molecule has 194 valence electrons. The van der Waals surface area contributed by atoms with Crippen LogP contribution in [0.4, 0.5) is 18.0 Å². The zero-order valence-corrected chi connectivity index (χ0v) is 20.5. The maximum absolute atomic E-state index is 13.8. The number of imide groups is 1. The van der Waals surface area contributed by atoms with Crippen molar-refractivity contribution in [1.82, 2.24) is 4.90 Å². The fourth-order valence-corrected chi connectivity index (χ4v) is 4.64. The summed E-state index contributed by atoms with van der Waals surface area (Å²) in [5, 5.41) is 10.5. The van der Waals surface area contributed by atoms with E-state index in [0.29, 0.717) is 29.5 Å². The minimum atomic E-state index is -4.46. The second-order valence-corrected chi connectivity index (χ2v) is 9.70. The van der Waals surface area contributed by atoms with Crippen LogP contribution in [0.25, 0.3) is 11.1 Å². The summed E-state index contributed by atoms with van der Waals surface area (Å²) in [4.78, 5) is 27.6. The molecule has 1 aliphatic heterocycles.